The number of alkyl halides is 2. The number of benzene rings is 2. The SMILES string of the molecule is O=C(c1ccccc1-c1ccc(Br)cc1)C(Br)Br. The van der Waals surface area contributed by atoms with Crippen molar-refractivity contribution in [3.05, 3.63) is 58.6 Å². The highest BCUT2D eigenvalue weighted by molar-refractivity contribution is 9.25. The Morgan fingerprint density at radius 2 is 1.56 bits per heavy atom. The van der Waals surface area contributed by atoms with Gasteiger partial charge in [0.15, 0.2) is 5.78 Å². The van der Waals surface area contributed by atoms with Crippen LogP contribution < -0.4 is 0 Å². The summed E-state index contributed by atoms with van der Waals surface area (Å²) in [7, 11) is 0. The summed E-state index contributed by atoms with van der Waals surface area (Å²) in [5.74, 6) is 0.0218. The number of hydrogen-bond donors (Lipinski definition) is 0. The first-order chi connectivity index (χ1) is 8.59. The minimum atomic E-state index is -0.360. The highest BCUT2D eigenvalue weighted by Gasteiger charge is 2.17. The maximum absolute atomic E-state index is 12.1. The first-order valence-corrected chi connectivity index (χ1v) is 7.89. The second-order valence-electron chi connectivity index (χ2n) is 3.72. The van der Waals surface area contributed by atoms with Crippen molar-refractivity contribution in [2.45, 2.75) is 3.74 Å². The minimum absolute atomic E-state index is 0.0218. The van der Waals surface area contributed by atoms with E-state index in [9.17, 15) is 4.79 Å². The zero-order valence-electron chi connectivity index (χ0n) is 9.24. The second kappa shape index (κ2) is 6.13. The molecule has 0 unspecified atom stereocenters. The van der Waals surface area contributed by atoms with Crippen LogP contribution in [0.25, 0.3) is 11.1 Å². The van der Waals surface area contributed by atoms with Crippen LogP contribution in [0.15, 0.2) is 53.0 Å². The van der Waals surface area contributed by atoms with Crippen molar-refractivity contribution in [3.63, 3.8) is 0 Å². The molecule has 0 atom stereocenters. The Bertz CT molecular complexity index is 562. The van der Waals surface area contributed by atoms with Crippen LogP contribution in [0.2, 0.25) is 0 Å². The van der Waals surface area contributed by atoms with Crippen molar-refractivity contribution in [3.8, 4) is 11.1 Å². The molecule has 18 heavy (non-hydrogen) atoms. The summed E-state index contributed by atoms with van der Waals surface area (Å²) < 4.78 is 0.663. The molecule has 0 bridgehead atoms. The van der Waals surface area contributed by atoms with E-state index in [0.29, 0.717) is 5.56 Å². The van der Waals surface area contributed by atoms with E-state index in [1.165, 1.54) is 0 Å². The van der Waals surface area contributed by atoms with Gasteiger partial charge in [-0.2, -0.15) is 0 Å². The van der Waals surface area contributed by atoms with Crippen LogP contribution in [-0.2, 0) is 0 Å². The molecule has 0 radical (unpaired) electrons. The highest BCUT2D eigenvalue weighted by atomic mass is 79.9. The number of hydrogen-bond acceptors (Lipinski definition) is 1. The molecule has 2 aromatic rings. The van der Waals surface area contributed by atoms with Crippen molar-refractivity contribution >= 4 is 53.6 Å². The van der Waals surface area contributed by atoms with Gasteiger partial charge in [0, 0.05) is 10.0 Å². The molecule has 0 aliphatic carbocycles. The van der Waals surface area contributed by atoms with Crippen LogP contribution in [0, 0.1) is 0 Å². The fourth-order valence-electron chi connectivity index (χ4n) is 1.70. The number of carbonyl (C=O) groups is 1. The first kappa shape index (κ1) is 14.0. The third-order valence-corrected chi connectivity index (χ3v) is 3.91. The molecule has 1 nitrogen and oxygen atoms in total. The van der Waals surface area contributed by atoms with Gasteiger partial charge in [0.2, 0.25) is 0 Å². The number of rotatable bonds is 3. The van der Waals surface area contributed by atoms with E-state index in [1.807, 2.05) is 48.5 Å². The summed E-state index contributed by atoms with van der Waals surface area (Å²) in [5, 5.41) is 0. The van der Waals surface area contributed by atoms with E-state index in [-0.39, 0.29) is 9.52 Å². The lowest BCUT2D eigenvalue weighted by molar-refractivity contribution is 0.101. The third-order valence-electron chi connectivity index (χ3n) is 2.55. The molecule has 0 spiro atoms. The molecule has 0 aliphatic rings. The molecule has 0 saturated carbocycles. The molecule has 0 heterocycles. The highest BCUT2D eigenvalue weighted by Crippen LogP contribution is 2.28. The number of Topliss-reactive ketones (excluding diaryl/α,β-unsaturated/α-hetero) is 1. The zero-order chi connectivity index (χ0) is 13.1. The maximum atomic E-state index is 12.1. The number of halogens is 3. The van der Waals surface area contributed by atoms with Crippen LogP contribution in [0.5, 0.6) is 0 Å². The van der Waals surface area contributed by atoms with Gasteiger partial charge in [0.25, 0.3) is 0 Å². The Kier molecular flexibility index (Phi) is 4.76. The first-order valence-electron chi connectivity index (χ1n) is 5.27. The van der Waals surface area contributed by atoms with Gasteiger partial charge in [0.1, 0.15) is 3.74 Å². The fraction of sp³-hybridized carbons (Fsp3) is 0.0714. The maximum Gasteiger partial charge on any atom is 0.187 e. The molecule has 0 fully saturated rings. The van der Waals surface area contributed by atoms with Gasteiger partial charge in [-0.3, -0.25) is 4.79 Å². The van der Waals surface area contributed by atoms with Crippen LogP contribution in [0.4, 0.5) is 0 Å². The zero-order valence-corrected chi connectivity index (χ0v) is 14.0. The van der Waals surface area contributed by atoms with Gasteiger partial charge < -0.3 is 0 Å². The summed E-state index contributed by atoms with van der Waals surface area (Å²) in [6.45, 7) is 0. The van der Waals surface area contributed by atoms with E-state index >= 15 is 0 Å². The Balaban J connectivity index is 2.51. The quantitative estimate of drug-likeness (QED) is 0.468. The second-order valence-corrected chi connectivity index (χ2v) is 7.69. The Morgan fingerprint density at radius 3 is 2.17 bits per heavy atom. The van der Waals surface area contributed by atoms with Gasteiger partial charge in [-0.05, 0) is 23.3 Å². The molecule has 0 aliphatic heterocycles. The van der Waals surface area contributed by atoms with Gasteiger partial charge in [-0.15, -0.1) is 0 Å². The summed E-state index contributed by atoms with van der Waals surface area (Å²) in [6, 6.07) is 15.5. The molecule has 92 valence electrons. The predicted octanol–water partition coefficient (Wildman–Crippen LogP) is 5.41. The van der Waals surface area contributed by atoms with Crippen LogP contribution in [-0.4, -0.2) is 9.52 Å². The molecule has 0 saturated heterocycles. The van der Waals surface area contributed by atoms with Crippen molar-refractivity contribution in [1.82, 2.24) is 0 Å². The lowest BCUT2D eigenvalue weighted by Gasteiger charge is -2.09. The average molecular weight is 433 g/mol. The molecule has 0 amide bonds. The molecular formula is C14H9Br3O. The molecular weight excluding hydrogens is 424 g/mol. The Labute approximate surface area is 131 Å². The van der Waals surface area contributed by atoms with Crippen LogP contribution in [0.1, 0.15) is 10.4 Å². The summed E-state index contributed by atoms with van der Waals surface area (Å²) in [5.41, 5.74) is 2.68. The van der Waals surface area contributed by atoms with Crippen LogP contribution in [0.3, 0.4) is 0 Å². The molecule has 2 aromatic carbocycles. The summed E-state index contributed by atoms with van der Waals surface area (Å²) >= 11 is 9.92. The fourth-order valence-corrected chi connectivity index (χ4v) is 2.45. The molecule has 4 heteroatoms. The Morgan fingerprint density at radius 1 is 0.944 bits per heavy atom. The van der Waals surface area contributed by atoms with E-state index in [0.717, 1.165) is 15.6 Å². The van der Waals surface area contributed by atoms with Crippen molar-refractivity contribution in [2.24, 2.45) is 0 Å². The molecule has 0 N–H and O–H groups in total. The summed E-state index contributed by atoms with van der Waals surface area (Å²) in [6.07, 6.45) is 0. The lowest BCUT2D eigenvalue weighted by Crippen LogP contribution is -2.08. The van der Waals surface area contributed by atoms with E-state index in [4.69, 9.17) is 0 Å². The van der Waals surface area contributed by atoms with E-state index < -0.39 is 0 Å². The third kappa shape index (κ3) is 3.11. The normalized spacial score (nSPS) is 10.7. The molecule has 0 aromatic heterocycles. The summed E-state index contributed by atoms with van der Waals surface area (Å²) in [4.78, 5) is 12.1. The smallest absolute Gasteiger partial charge is 0.187 e. The largest absolute Gasteiger partial charge is 0.292 e. The van der Waals surface area contributed by atoms with Gasteiger partial charge in [0.05, 0.1) is 0 Å². The van der Waals surface area contributed by atoms with Gasteiger partial charge in [-0.1, -0.05) is 84.2 Å². The number of ketones is 1. The van der Waals surface area contributed by atoms with Crippen LogP contribution >= 0.6 is 47.8 Å². The topological polar surface area (TPSA) is 17.1 Å². The average Bonchev–Trinajstić information content (AvgIpc) is 2.39. The van der Waals surface area contributed by atoms with E-state index in [1.54, 1.807) is 0 Å². The standard InChI is InChI=1S/C14H9Br3O/c15-10-7-5-9(6-8-10)11-3-1-2-4-12(11)13(18)14(16)17/h1-8,14H. The molecule has 2 rings (SSSR count). The van der Waals surface area contributed by atoms with Crippen molar-refractivity contribution < 1.29 is 4.79 Å². The van der Waals surface area contributed by atoms with E-state index in [2.05, 4.69) is 47.8 Å². The Hall–Kier alpha value is -0.450. The van der Waals surface area contributed by atoms with Crippen molar-refractivity contribution in [2.75, 3.05) is 0 Å². The van der Waals surface area contributed by atoms with Crippen molar-refractivity contribution in [1.29, 1.82) is 0 Å². The lowest BCUT2D eigenvalue weighted by atomic mass is 9.98. The minimum Gasteiger partial charge on any atom is -0.292 e. The predicted molar refractivity (Wildman–Crippen MR) is 85.6 cm³/mol. The van der Waals surface area contributed by atoms with Gasteiger partial charge in [-0.25, -0.2) is 0 Å². The number of carbonyl (C=O) groups excluding carboxylic acids is 1. The van der Waals surface area contributed by atoms with Gasteiger partial charge >= 0.3 is 0 Å². The monoisotopic (exact) mass is 430 g/mol.